The second-order valence-electron chi connectivity index (χ2n) is 5.76. The zero-order valence-electron chi connectivity index (χ0n) is 12.9. The van der Waals surface area contributed by atoms with Crippen LogP contribution < -0.4 is 0 Å². The Morgan fingerprint density at radius 1 is 1.43 bits per heavy atom. The highest BCUT2D eigenvalue weighted by atomic mass is 35.5. The minimum atomic E-state index is -0.138. The maximum absolute atomic E-state index is 12.5. The van der Waals surface area contributed by atoms with Crippen molar-refractivity contribution < 1.29 is 14.1 Å². The summed E-state index contributed by atoms with van der Waals surface area (Å²) in [6, 6.07) is 9.44. The smallest absolute Gasteiger partial charge is 0.223 e. The SMILES string of the molecule is CC1COC(c2cccc(Cl)c2)CN1C(=O)CCc1ccon1. The van der Waals surface area contributed by atoms with Crippen molar-refractivity contribution in [1.82, 2.24) is 10.1 Å². The number of aromatic nitrogens is 1. The first-order valence-corrected chi connectivity index (χ1v) is 8.07. The third kappa shape index (κ3) is 3.92. The molecule has 1 aromatic heterocycles. The minimum Gasteiger partial charge on any atom is -0.370 e. The zero-order valence-corrected chi connectivity index (χ0v) is 13.7. The van der Waals surface area contributed by atoms with Gasteiger partial charge in [-0.2, -0.15) is 0 Å². The first-order valence-electron chi connectivity index (χ1n) is 7.69. The van der Waals surface area contributed by atoms with Crippen LogP contribution in [0.1, 0.15) is 30.7 Å². The van der Waals surface area contributed by atoms with Crippen molar-refractivity contribution >= 4 is 17.5 Å². The number of aryl methyl sites for hydroxylation is 1. The van der Waals surface area contributed by atoms with Gasteiger partial charge in [0, 0.05) is 23.9 Å². The topological polar surface area (TPSA) is 55.6 Å². The van der Waals surface area contributed by atoms with Gasteiger partial charge in [-0.25, -0.2) is 0 Å². The van der Waals surface area contributed by atoms with Gasteiger partial charge in [-0.15, -0.1) is 0 Å². The second-order valence-corrected chi connectivity index (χ2v) is 6.20. The van der Waals surface area contributed by atoms with Gasteiger partial charge in [0.2, 0.25) is 5.91 Å². The molecule has 1 fully saturated rings. The summed E-state index contributed by atoms with van der Waals surface area (Å²) in [4.78, 5) is 14.4. The zero-order chi connectivity index (χ0) is 16.2. The summed E-state index contributed by atoms with van der Waals surface area (Å²) >= 11 is 6.05. The van der Waals surface area contributed by atoms with E-state index in [1.54, 1.807) is 6.07 Å². The summed E-state index contributed by atoms with van der Waals surface area (Å²) < 4.78 is 10.7. The monoisotopic (exact) mass is 334 g/mol. The van der Waals surface area contributed by atoms with Gasteiger partial charge in [0.15, 0.2) is 0 Å². The van der Waals surface area contributed by atoms with Crippen LogP contribution in [0.3, 0.4) is 0 Å². The lowest BCUT2D eigenvalue weighted by Gasteiger charge is -2.38. The Balaban J connectivity index is 1.64. The maximum Gasteiger partial charge on any atom is 0.223 e. The normalized spacial score (nSPS) is 21.4. The first kappa shape index (κ1) is 16.0. The van der Waals surface area contributed by atoms with E-state index in [2.05, 4.69) is 5.16 Å². The number of amides is 1. The number of rotatable bonds is 4. The van der Waals surface area contributed by atoms with Crippen LogP contribution in [-0.2, 0) is 16.0 Å². The fourth-order valence-corrected chi connectivity index (χ4v) is 2.96. The standard InChI is InChI=1S/C17H19ClN2O3/c1-12-11-22-16(13-3-2-4-14(18)9-13)10-20(12)17(21)6-5-15-7-8-23-19-15/h2-4,7-9,12,16H,5-6,10-11H2,1H3. The second kappa shape index (κ2) is 7.15. The summed E-state index contributed by atoms with van der Waals surface area (Å²) in [5, 5.41) is 4.51. The molecule has 0 aliphatic carbocycles. The highest BCUT2D eigenvalue weighted by Gasteiger charge is 2.30. The molecule has 1 saturated heterocycles. The molecule has 1 aliphatic rings. The van der Waals surface area contributed by atoms with Crippen LogP contribution in [0.25, 0.3) is 0 Å². The molecule has 1 aromatic carbocycles. The fourth-order valence-electron chi connectivity index (χ4n) is 2.76. The third-order valence-corrected chi connectivity index (χ3v) is 4.30. The van der Waals surface area contributed by atoms with E-state index in [0.29, 0.717) is 31.0 Å². The number of carbonyl (C=O) groups excluding carboxylic acids is 1. The van der Waals surface area contributed by atoms with Gasteiger partial charge in [-0.1, -0.05) is 28.9 Å². The average molecular weight is 335 g/mol. The molecule has 2 aromatic rings. The van der Waals surface area contributed by atoms with E-state index in [1.165, 1.54) is 6.26 Å². The van der Waals surface area contributed by atoms with Gasteiger partial charge in [0.05, 0.1) is 24.9 Å². The number of hydrogen-bond acceptors (Lipinski definition) is 4. The Labute approximate surface area is 140 Å². The molecule has 0 spiro atoms. The van der Waals surface area contributed by atoms with Crippen LogP contribution in [0.2, 0.25) is 5.02 Å². The number of halogens is 1. The molecule has 6 heteroatoms. The largest absolute Gasteiger partial charge is 0.370 e. The molecule has 23 heavy (non-hydrogen) atoms. The lowest BCUT2D eigenvalue weighted by molar-refractivity contribution is -0.144. The molecule has 1 aliphatic heterocycles. The van der Waals surface area contributed by atoms with Crippen molar-refractivity contribution in [2.45, 2.75) is 31.9 Å². The van der Waals surface area contributed by atoms with Crippen LogP contribution >= 0.6 is 11.6 Å². The van der Waals surface area contributed by atoms with Crippen molar-refractivity contribution in [2.24, 2.45) is 0 Å². The molecule has 5 nitrogen and oxygen atoms in total. The molecule has 0 bridgehead atoms. The van der Waals surface area contributed by atoms with Gasteiger partial charge < -0.3 is 14.2 Å². The van der Waals surface area contributed by atoms with Crippen molar-refractivity contribution in [2.75, 3.05) is 13.2 Å². The Morgan fingerprint density at radius 3 is 3.04 bits per heavy atom. The fraction of sp³-hybridized carbons (Fsp3) is 0.412. The molecule has 122 valence electrons. The van der Waals surface area contributed by atoms with E-state index >= 15 is 0 Å². The summed E-state index contributed by atoms with van der Waals surface area (Å²) in [6.45, 7) is 3.06. The third-order valence-electron chi connectivity index (χ3n) is 4.06. The lowest BCUT2D eigenvalue weighted by Crippen LogP contribution is -2.48. The van der Waals surface area contributed by atoms with Gasteiger partial charge in [0.25, 0.3) is 0 Å². The molecule has 2 unspecified atom stereocenters. The number of morpholine rings is 1. The van der Waals surface area contributed by atoms with Crippen LogP contribution in [0.4, 0.5) is 0 Å². The van der Waals surface area contributed by atoms with E-state index in [1.807, 2.05) is 36.1 Å². The van der Waals surface area contributed by atoms with Crippen molar-refractivity contribution in [3.8, 4) is 0 Å². The van der Waals surface area contributed by atoms with Crippen LogP contribution in [0.5, 0.6) is 0 Å². The van der Waals surface area contributed by atoms with E-state index in [-0.39, 0.29) is 18.1 Å². The quantitative estimate of drug-likeness (QED) is 0.861. The number of ether oxygens (including phenoxy) is 1. The van der Waals surface area contributed by atoms with Crippen molar-refractivity contribution in [3.63, 3.8) is 0 Å². The van der Waals surface area contributed by atoms with E-state index < -0.39 is 0 Å². The van der Waals surface area contributed by atoms with Gasteiger partial charge >= 0.3 is 0 Å². The Morgan fingerprint density at radius 2 is 2.30 bits per heavy atom. The van der Waals surface area contributed by atoms with Crippen LogP contribution in [-0.4, -0.2) is 35.2 Å². The summed E-state index contributed by atoms with van der Waals surface area (Å²) in [5.74, 6) is 0.107. The highest BCUT2D eigenvalue weighted by Crippen LogP contribution is 2.27. The lowest BCUT2D eigenvalue weighted by atomic mass is 10.1. The molecular formula is C17H19ClN2O3. The number of hydrogen-bond donors (Lipinski definition) is 0. The molecular weight excluding hydrogens is 316 g/mol. The van der Waals surface area contributed by atoms with Crippen molar-refractivity contribution in [1.29, 1.82) is 0 Å². The molecule has 2 atom stereocenters. The summed E-state index contributed by atoms with van der Waals surface area (Å²) in [6.07, 6.45) is 2.38. The highest BCUT2D eigenvalue weighted by molar-refractivity contribution is 6.30. The molecule has 3 rings (SSSR count). The maximum atomic E-state index is 12.5. The van der Waals surface area contributed by atoms with Gasteiger partial charge in [-0.3, -0.25) is 4.79 Å². The van der Waals surface area contributed by atoms with Gasteiger partial charge in [-0.05, 0) is 24.6 Å². The number of benzene rings is 1. The van der Waals surface area contributed by atoms with Crippen molar-refractivity contribution in [3.05, 3.63) is 52.9 Å². The van der Waals surface area contributed by atoms with E-state index in [0.717, 1.165) is 11.3 Å². The molecule has 0 radical (unpaired) electrons. The Hall–Kier alpha value is -1.85. The van der Waals surface area contributed by atoms with Crippen LogP contribution in [0.15, 0.2) is 41.1 Å². The first-order chi connectivity index (χ1) is 11.1. The van der Waals surface area contributed by atoms with Gasteiger partial charge in [0.1, 0.15) is 12.4 Å². The predicted octanol–water partition coefficient (Wildman–Crippen LogP) is 3.25. The Kier molecular flexibility index (Phi) is 4.98. The summed E-state index contributed by atoms with van der Waals surface area (Å²) in [7, 11) is 0. The summed E-state index contributed by atoms with van der Waals surface area (Å²) in [5.41, 5.74) is 1.80. The number of nitrogens with zero attached hydrogens (tertiary/aromatic N) is 2. The molecule has 1 amide bonds. The number of carbonyl (C=O) groups is 1. The average Bonchev–Trinajstić information content (AvgIpc) is 3.06. The van der Waals surface area contributed by atoms with E-state index in [9.17, 15) is 4.79 Å². The minimum absolute atomic E-state index is 0.0650. The predicted molar refractivity (Wildman–Crippen MR) is 86.1 cm³/mol. The molecule has 2 heterocycles. The Bertz CT molecular complexity index is 660. The van der Waals surface area contributed by atoms with E-state index in [4.69, 9.17) is 20.9 Å². The molecule has 0 N–H and O–H groups in total. The molecule has 0 saturated carbocycles. The van der Waals surface area contributed by atoms with Crippen LogP contribution in [0, 0.1) is 0 Å².